The number of hydrogen-bond acceptors (Lipinski definition) is 4. The lowest BCUT2D eigenvalue weighted by atomic mass is 10.0. The lowest BCUT2D eigenvalue weighted by molar-refractivity contribution is -0.132. The van der Waals surface area contributed by atoms with Gasteiger partial charge in [0.1, 0.15) is 5.75 Å². The molecule has 0 aliphatic carbocycles. The molecule has 1 N–H and O–H groups in total. The van der Waals surface area contributed by atoms with Crippen LogP contribution in [0.2, 0.25) is 0 Å². The SMILES string of the molecule is COc1ccc([C@@H]2CCCCCN2C(=O)CNC(=O)c2ccc(N3CCCC3=O)cc2)cc1. The van der Waals surface area contributed by atoms with Gasteiger partial charge < -0.3 is 19.9 Å². The van der Waals surface area contributed by atoms with Crippen LogP contribution >= 0.6 is 0 Å². The van der Waals surface area contributed by atoms with E-state index in [1.807, 2.05) is 29.2 Å². The molecule has 0 saturated carbocycles. The van der Waals surface area contributed by atoms with Gasteiger partial charge in [0, 0.05) is 30.8 Å². The minimum absolute atomic E-state index is 0.0000832. The van der Waals surface area contributed by atoms with E-state index in [9.17, 15) is 14.4 Å². The average Bonchev–Trinajstić information content (AvgIpc) is 3.13. The second-order valence-corrected chi connectivity index (χ2v) is 8.60. The number of carbonyl (C=O) groups is 3. The van der Waals surface area contributed by atoms with E-state index >= 15 is 0 Å². The molecule has 0 aromatic heterocycles. The predicted octanol–water partition coefficient (Wildman–Crippen LogP) is 3.70. The standard InChI is InChI=1S/C26H31N3O4/c1-33-22-14-10-19(11-15-22)23-6-3-2-4-16-29(23)25(31)18-27-26(32)20-8-12-21(13-9-20)28-17-5-7-24(28)30/h8-15,23H,2-7,16-18H2,1H3,(H,27,32)/t23-/m0/s1. The minimum atomic E-state index is -0.293. The molecule has 3 amide bonds. The minimum Gasteiger partial charge on any atom is -0.497 e. The summed E-state index contributed by atoms with van der Waals surface area (Å²) in [5.41, 5.74) is 2.36. The Bertz CT molecular complexity index is 988. The van der Waals surface area contributed by atoms with Crippen molar-refractivity contribution in [2.24, 2.45) is 0 Å². The van der Waals surface area contributed by atoms with Gasteiger partial charge in [-0.2, -0.15) is 0 Å². The van der Waals surface area contributed by atoms with Gasteiger partial charge >= 0.3 is 0 Å². The summed E-state index contributed by atoms with van der Waals surface area (Å²) < 4.78 is 5.26. The van der Waals surface area contributed by atoms with Crippen LogP contribution in [0.15, 0.2) is 48.5 Å². The van der Waals surface area contributed by atoms with Crippen molar-refractivity contribution in [2.45, 2.75) is 44.6 Å². The molecule has 7 heteroatoms. The van der Waals surface area contributed by atoms with Crippen molar-refractivity contribution >= 4 is 23.4 Å². The van der Waals surface area contributed by atoms with Crippen molar-refractivity contribution in [1.82, 2.24) is 10.2 Å². The number of benzene rings is 2. The van der Waals surface area contributed by atoms with Gasteiger partial charge in [-0.05, 0) is 61.2 Å². The van der Waals surface area contributed by atoms with Gasteiger partial charge in [-0.25, -0.2) is 0 Å². The van der Waals surface area contributed by atoms with Crippen LogP contribution in [0.5, 0.6) is 5.75 Å². The molecule has 2 heterocycles. The second kappa shape index (κ2) is 10.5. The van der Waals surface area contributed by atoms with E-state index in [-0.39, 0.29) is 30.3 Å². The molecule has 33 heavy (non-hydrogen) atoms. The van der Waals surface area contributed by atoms with Crippen molar-refractivity contribution < 1.29 is 19.1 Å². The van der Waals surface area contributed by atoms with Gasteiger partial charge in [-0.3, -0.25) is 14.4 Å². The van der Waals surface area contributed by atoms with E-state index < -0.39 is 0 Å². The summed E-state index contributed by atoms with van der Waals surface area (Å²) in [5.74, 6) is 0.531. The zero-order valence-electron chi connectivity index (χ0n) is 19.1. The number of ether oxygens (including phenoxy) is 1. The lowest BCUT2D eigenvalue weighted by Crippen LogP contribution is -2.42. The topological polar surface area (TPSA) is 79.0 Å². The van der Waals surface area contributed by atoms with Gasteiger partial charge in [-0.15, -0.1) is 0 Å². The Hall–Kier alpha value is -3.35. The van der Waals surface area contributed by atoms with Crippen LogP contribution in [0.25, 0.3) is 0 Å². The molecular formula is C26H31N3O4. The van der Waals surface area contributed by atoms with Crippen molar-refractivity contribution in [3.63, 3.8) is 0 Å². The number of methoxy groups -OCH3 is 1. The summed E-state index contributed by atoms with van der Waals surface area (Å²) in [6.45, 7) is 1.35. The highest BCUT2D eigenvalue weighted by Crippen LogP contribution is 2.31. The fourth-order valence-corrected chi connectivity index (χ4v) is 4.65. The first-order valence-corrected chi connectivity index (χ1v) is 11.7. The zero-order chi connectivity index (χ0) is 23.2. The maximum absolute atomic E-state index is 13.1. The molecule has 0 spiro atoms. The van der Waals surface area contributed by atoms with E-state index in [0.717, 1.165) is 49.1 Å². The van der Waals surface area contributed by atoms with Gasteiger partial charge in [0.2, 0.25) is 11.8 Å². The highest BCUT2D eigenvalue weighted by molar-refractivity contribution is 5.98. The Kier molecular flexibility index (Phi) is 7.27. The first-order chi connectivity index (χ1) is 16.1. The van der Waals surface area contributed by atoms with E-state index in [4.69, 9.17) is 4.74 Å². The monoisotopic (exact) mass is 449 g/mol. The molecule has 2 aliphatic heterocycles. The van der Waals surface area contributed by atoms with Crippen molar-refractivity contribution in [2.75, 3.05) is 31.6 Å². The van der Waals surface area contributed by atoms with Crippen LogP contribution in [0.3, 0.4) is 0 Å². The molecule has 2 fully saturated rings. The smallest absolute Gasteiger partial charge is 0.251 e. The Morgan fingerprint density at radius 1 is 0.970 bits per heavy atom. The zero-order valence-corrected chi connectivity index (χ0v) is 19.1. The maximum atomic E-state index is 13.1. The molecule has 0 unspecified atom stereocenters. The average molecular weight is 450 g/mol. The fraction of sp³-hybridized carbons (Fsp3) is 0.423. The molecule has 0 radical (unpaired) electrons. The summed E-state index contributed by atoms with van der Waals surface area (Å²) in [6, 6.07) is 14.8. The molecule has 0 bridgehead atoms. The van der Waals surface area contributed by atoms with E-state index in [2.05, 4.69) is 5.32 Å². The largest absolute Gasteiger partial charge is 0.497 e. The molecule has 2 aliphatic rings. The highest BCUT2D eigenvalue weighted by atomic mass is 16.5. The van der Waals surface area contributed by atoms with Crippen molar-refractivity contribution in [3.8, 4) is 5.75 Å². The predicted molar refractivity (Wildman–Crippen MR) is 126 cm³/mol. The van der Waals surface area contributed by atoms with Crippen LogP contribution < -0.4 is 15.0 Å². The van der Waals surface area contributed by atoms with E-state index in [1.54, 1.807) is 36.3 Å². The lowest BCUT2D eigenvalue weighted by Gasteiger charge is -2.30. The normalized spacial score (nSPS) is 18.7. The summed E-state index contributed by atoms with van der Waals surface area (Å²) in [6.07, 6.45) is 5.45. The summed E-state index contributed by atoms with van der Waals surface area (Å²) >= 11 is 0. The molecule has 4 rings (SSSR count). The number of hydrogen-bond donors (Lipinski definition) is 1. The van der Waals surface area contributed by atoms with Crippen molar-refractivity contribution in [1.29, 1.82) is 0 Å². The van der Waals surface area contributed by atoms with Gasteiger partial charge in [0.25, 0.3) is 5.91 Å². The number of nitrogens with one attached hydrogen (secondary N) is 1. The molecule has 2 saturated heterocycles. The first kappa shape index (κ1) is 22.8. The van der Waals surface area contributed by atoms with Crippen LogP contribution in [0, 0.1) is 0 Å². The molecule has 7 nitrogen and oxygen atoms in total. The molecule has 2 aromatic carbocycles. The van der Waals surface area contributed by atoms with Gasteiger partial charge in [0.05, 0.1) is 19.7 Å². The van der Waals surface area contributed by atoms with Crippen LogP contribution in [-0.4, -0.2) is 49.4 Å². The third kappa shape index (κ3) is 5.35. The Balaban J connectivity index is 1.38. The van der Waals surface area contributed by atoms with Crippen molar-refractivity contribution in [3.05, 3.63) is 59.7 Å². The Morgan fingerprint density at radius 2 is 1.73 bits per heavy atom. The molecule has 174 valence electrons. The summed E-state index contributed by atoms with van der Waals surface area (Å²) in [5, 5.41) is 2.77. The van der Waals surface area contributed by atoms with E-state index in [1.165, 1.54) is 0 Å². The van der Waals surface area contributed by atoms with Gasteiger partial charge in [0.15, 0.2) is 0 Å². The third-order valence-corrected chi connectivity index (χ3v) is 6.49. The molecule has 1 atom stereocenters. The third-order valence-electron chi connectivity index (χ3n) is 6.49. The number of nitrogens with zero attached hydrogens (tertiary/aromatic N) is 2. The second-order valence-electron chi connectivity index (χ2n) is 8.60. The van der Waals surface area contributed by atoms with Crippen LogP contribution in [0.1, 0.15) is 60.5 Å². The summed E-state index contributed by atoms with van der Waals surface area (Å²) in [4.78, 5) is 41.3. The maximum Gasteiger partial charge on any atom is 0.251 e. The van der Waals surface area contributed by atoms with Gasteiger partial charge in [-0.1, -0.05) is 25.0 Å². The van der Waals surface area contributed by atoms with E-state index in [0.29, 0.717) is 25.1 Å². The number of anilines is 1. The van der Waals surface area contributed by atoms with Crippen LogP contribution in [-0.2, 0) is 9.59 Å². The molecular weight excluding hydrogens is 418 g/mol. The van der Waals surface area contributed by atoms with Crippen LogP contribution in [0.4, 0.5) is 5.69 Å². The molecule has 2 aromatic rings. The quantitative estimate of drug-likeness (QED) is 0.730. The number of amides is 3. The Morgan fingerprint density at radius 3 is 2.39 bits per heavy atom. The number of rotatable bonds is 6. The highest BCUT2D eigenvalue weighted by Gasteiger charge is 2.27. The Labute approximate surface area is 194 Å². The number of likely N-dealkylation sites (tertiary alicyclic amines) is 1. The first-order valence-electron chi connectivity index (χ1n) is 11.7. The fourth-order valence-electron chi connectivity index (χ4n) is 4.65. The summed E-state index contributed by atoms with van der Waals surface area (Å²) in [7, 11) is 1.64. The number of carbonyl (C=O) groups excluding carboxylic acids is 3.